The quantitative estimate of drug-likeness (QED) is 0.539. The Balaban J connectivity index is 1.55. The number of Topliss-reactive ketones (excluding diaryl/α,β-unsaturated/α-hetero) is 1. The molecule has 3 aliphatic rings. The predicted octanol–water partition coefficient (Wildman–Crippen LogP) is 1.17. The van der Waals surface area contributed by atoms with Crippen LogP contribution in [0.4, 0.5) is 0 Å². The third-order valence-electron chi connectivity index (χ3n) is 7.87. The third-order valence-corrected chi connectivity index (χ3v) is 7.87. The molecule has 9 nitrogen and oxygen atoms in total. The van der Waals surface area contributed by atoms with Crippen LogP contribution in [0.1, 0.15) is 47.5 Å². The summed E-state index contributed by atoms with van der Waals surface area (Å²) in [5.41, 5.74) is 8.60. The van der Waals surface area contributed by atoms with Crippen LogP contribution < -0.4 is 21.4 Å². The Morgan fingerprint density at radius 1 is 1.18 bits per heavy atom. The van der Waals surface area contributed by atoms with E-state index in [9.17, 15) is 14.4 Å². The average Bonchev–Trinajstić information content (AvgIpc) is 3.44. The molecule has 9 heteroatoms. The SMILES string of the molecule is NC(=O)c1cncc2c3ccc(C4CCC(=O)NC4)cc3n(N3CCC(=O)[C@@]4(CCNC4)C3)c12. The van der Waals surface area contributed by atoms with Gasteiger partial charge in [-0.05, 0) is 31.0 Å². The average molecular weight is 461 g/mol. The summed E-state index contributed by atoms with van der Waals surface area (Å²) < 4.78 is 2.10. The van der Waals surface area contributed by atoms with Gasteiger partial charge in [-0.3, -0.25) is 24.0 Å². The molecule has 6 rings (SSSR count). The van der Waals surface area contributed by atoms with E-state index in [0.29, 0.717) is 50.4 Å². The number of pyridine rings is 1. The molecule has 2 atom stereocenters. The zero-order valence-electron chi connectivity index (χ0n) is 19.0. The van der Waals surface area contributed by atoms with Crippen LogP contribution in [0.5, 0.6) is 0 Å². The van der Waals surface area contributed by atoms with Gasteiger partial charge in [0.1, 0.15) is 5.78 Å². The Bertz CT molecular complexity index is 1330. The standard InChI is InChI=1S/C25H28N6O3/c26-24(34)19-12-28-11-18-17-3-1-15(16-2-4-22(33)29-10-16)9-20(17)31(23(18)19)30-8-5-21(32)25(14-30)6-7-27-13-25/h1,3,9,11-12,16,27H,2,4-8,10,13-14H2,(H2,26,34)(H,29,33)/t16?,25-/m1/s1. The molecule has 2 aromatic heterocycles. The third kappa shape index (κ3) is 3.18. The van der Waals surface area contributed by atoms with Crippen molar-refractivity contribution in [2.24, 2.45) is 11.1 Å². The minimum atomic E-state index is -0.525. The van der Waals surface area contributed by atoms with Gasteiger partial charge in [-0.2, -0.15) is 0 Å². The van der Waals surface area contributed by atoms with Crippen molar-refractivity contribution in [2.75, 3.05) is 37.7 Å². The van der Waals surface area contributed by atoms with Gasteiger partial charge in [0, 0.05) is 68.1 Å². The Labute approximate surface area is 196 Å². The number of aromatic nitrogens is 2. The first-order valence-electron chi connectivity index (χ1n) is 11.9. The largest absolute Gasteiger partial charge is 0.365 e. The molecule has 2 amide bonds. The number of fused-ring (bicyclic) bond motifs is 3. The molecule has 0 bridgehead atoms. The number of hydrogen-bond donors (Lipinski definition) is 3. The lowest BCUT2D eigenvalue weighted by Gasteiger charge is -2.41. The lowest BCUT2D eigenvalue weighted by Crippen LogP contribution is -2.54. The van der Waals surface area contributed by atoms with Crippen molar-refractivity contribution in [1.29, 1.82) is 0 Å². The second-order valence-electron chi connectivity index (χ2n) is 9.84. The van der Waals surface area contributed by atoms with Crippen molar-refractivity contribution in [1.82, 2.24) is 20.3 Å². The van der Waals surface area contributed by atoms with Crippen LogP contribution in [-0.2, 0) is 9.59 Å². The summed E-state index contributed by atoms with van der Waals surface area (Å²) in [5, 5.41) is 10.4. The molecule has 5 heterocycles. The fraction of sp³-hybridized carbons (Fsp3) is 0.440. The van der Waals surface area contributed by atoms with Crippen LogP contribution in [0.25, 0.3) is 21.8 Å². The Hall–Kier alpha value is -3.46. The molecule has 34 heavy (non-hydrogen) atoms. The van der Waals surface area contributed by atoms with Crippen molar-refractivity contribution >= 4 is 39.4 Å². The first-order chi connectivity index (χ1) is 16.5. The number of ketones is 1. The molecule has 3 aliphatic heterocycles. The lowest BCUT2D eigenvalue weighted by atomic mass is 9.78. The van der Waals surface area contributed by atoms with E-state index in [2.05, 4.69) is 43.5 Å². The predicted molar refractivity (Wildman–Crippen MR) is 128 cm³/mol. The van der Waals surface area contributed by atoms with Crippen molar-refractivity contribution in [3.63, 3.8) is 0 Å². The van der Waals surface area contributed by atoms with E-state index in [0.717, 1.165) is 46.8 Å². The highest BCUT2D eigenvalue weighted by atomic mass is 16.2. The summed E-state index contributed by atoms with van der Waals surface area (Å²) in [6.07, 6.45) is 5.91. The topological polar surface area (TPSA) is 122 Å². The highest BCUT2D eigenvalue weighted by molar-refractivity contribution is 6.15. The zero-order chi connectivity index (χ0) is 23.4. The minimum absolute atomic E-state index is 0.0945. The number of carbonyl (C=O) groups excluding carboxylic acids is 3. The zero-order valence-corrected chi connectivity index (χ0v) is 19.0. The summed E-state index contributed by atoms with van der Waals surface area (Å²) >= 11 is 0. The van der Waals surface area contributed by atoms with Gasteiger partial charge in [0.05, 0.1) is 22.0 Å². The van der Waals surface area contributed by atoms with Gasteiger partial charge in [-0.1, -0.05) is 12.1 Å². The number of hydrogen-bond acceptors (Lipinski definition) is 6. The number of nitrogens with two attached hydrogens (primary N) is 1. The van der Waals surface area contributed by atoms with E-state index >= 15 is 0 Å². The normalized spacial score (nSPS) is 25.4. The molecule has 0 aliphatic carbocycles. The van der Waals surface area contributed by atoms with Crippen molar-refractivity contribution < 1.29 is 14.4 Å². The van der Waals surface area contributed by atoms with E-state index in [4.69, 9.17) is 5.73 Å². The number of rotatable bonds is 3. The number of carbonyl (C=O) groups is 3. The summed E-state index contributed by atoms with van der Waals surface area (Å²) in [4.78, 5) is 41.3. The highest BCUT2D eigenvalue weighted by Crippen LogP contribution is 2.37. The highest BCUT2D eigenvalue weighted by Gasteiger charge is 2.45. The number of nitrogens with one attached hydrogen (secondary N) is 2. The number of piperidine rings is 2. The molecule has 0 saturated carbocycles. The van der Waals surface area contributed by atoms with E-state index in [1.807, 2.05) is 0 Å². The van der Waals surface area contributed by atoms with Gasteiger partial charge in [-0.15, -0.1) is 0 Å². The number of amides is 2. The summed E-state index contributed by atoms with van der Waals surface area (Å²) in [5.74, 6) is 0.111. The molecule has 3 aromatic rings. The second kappa shape index (κ2) is 7.80. The molecule has 4 N–H and O–H groups in total. The molecule has 3 fully saturated rings. The summed E-state index contributed by atoms with van der Waals surface area (Å²) in [6.45, 7) is 3.29. The lowest BCUT2D eigenvalue weighted by molar-refractivity contribution is -0.128. The molecule has 1 unspecified atom stereocenters. The van der Waals surface area contributed by atoms with Gasteiger partial charge in [0.2, 0.25) is 5.91 Å². The van der Waals surface area contributed by atoms with E-state index in [1.54, 1.807) is 6.20 Å². The van der Waals surface area contributed by atoms with Crippen LogP contribution >= 0.6 is 0 Å². The number of nitrogens with zero attached hydrogens (tertiary/aromatic N) is 3. The van der Waals surface area contributed by atoms with Crippen LogP contribution in [0, 0.1) is 5.41 Å². The number of primary amides is 1. The first kappa shape index (κ1) is 21.1. The molecule has 1 spiro atoms. The molecular formula is C25H28N6O3. The van der Waals surface area contributed by atoms with Crippen LogP contribution in [0.15, 0.2) is 30.6 Å². The van der Waals surface area contributed by atoms with E-state index < -0.39 is 11.3 Å². The fourth-order valence-corrected chi connectivity index (χ4v) is 6.00. The van der Waals surface area contributed by atoms with Crippen LogP contribution in [-0.4, -0.2) is 60.0 Å². The van der Waals surface area contributed by atoms with Crippen molar-refractivity contribution in [3.8, 4) is 0 Å². The monoisotopic (exact) mass is 460 g/mol. The van der Waals surface area contributed by atoms with Gasteiger partial charge in [-0.25, -0.2) is 0 Å². The van der Waals surface area contributed by atoms with Crippen LogP contribution in [0.3, 0.4) is 0 Å². The van der Waals surface area contributed by atoms with Gasteiger partial charge >= 0.3 is 0 Å². The maximum absolute atomic E-state index is 12.9. The first-order valence-corrected chi connectivity index (χ1v) is 11.9. The van der Waals surface area contributed by atoms with Gasteiger partial charge in [0.25, 0.3) is 5.91 Å². The summed E-state index contributed by atoms with van der Waals surface area (Å²) in [7, 11) is 0. The molecule has 0 radical (unpaired) electrons. The van der Waals surface area contributed by atoms with Crippen molar-refractivity contribution in [3.05, 3.63) is 41.7 Å². The maximum atomic E-state index is 12.9. The second-order valence-corrected chi connectivity index (χ2v) is 9.84. The smallest absolute Gasteiger partial charge is 0.252 e. The molecular weight excluding hydrogens is 432 g/mol. The number of benzene rings is 1. The molecule has 1 aromatic carbocycles. The van der Waals surface area contributed by atoms with Crippen molar-refractivity contribution in [2.45, 2.75) is 31.6 Å². The Morgan fingerprint density at radius 3 is 2.79 bits per heavy atom. The van der Waals surface area contributed by atoms with Gasteiger partial charge in [0.15, 0.2) is 0 Å². The maximum Gasteiger partial charge on any atom is 0.252 e. The van der Waals surface area contributed by atoms with E-state index in [1.165, 1.54) is 6.20 Å². The van der Waals surface area contributed by atoms with Crippen LogP contribution in [0.2, 0.25) is 0 Å². The van der Waals surface area contributed by atoms with Gasteiger partial charge < -0.3 is 21.4 Å². The minimum Gasteiger partial charge on any atom is -0.365 e. The molecule has 176 valence electrons. The summed E-state index contributed by atoms with van der Waals surface area (Å²) in [6, 6.07) is 6.35. The molecule has 3 saturated heterocycles. The van der Waals surface area contributed by atoms with E-state index in [-0.39, 0.29) is 11.8 Å². The Kier molecular flexibility index (Phi) is 4.84. The fourth-order valence-electron chi connectivity index (χ4n) is 6.00. The Morgan fingerprint density at radius 2 is 2.06 bits per heavy atom.